The number of ether oxygens (including phenoxy) is 2. The second kappa shape index (κ2) is 8.35. The highest BCUT2D eigenvalue weighted by Gasteiger charge is 2.08. The van der Waals surface area contributed by atoms with Crippen molar-refractivity contribution in [2.45, 2.75) is 19.4 Å². The molecular formula is C20H21N3O4. The van der Waals surface area contributed by atoms with Crippen molar-refractivity contribution in [2.75, 3.05) is 19.5 Å². The lowest BCUT2D eigenvalue weighted by Crippen LogP contribution is -2.21. The van der Waals surface area contributed by atoms with Gasteiger partial charge in [-0.25, -0.2) is 4.98 Å². The maximum Gasteiger partial charge on any atom is 0.261 e. The third kappa shape index (κ3) is 4.25. The number of fused-ring (bicyclic) bond motifs is 1. The van der Waals surface area contributed by atoms with Crippen LogP contribution in [0.5, 0.6) is 11.5 Å². The number of carbonyl (C=O) groups is 1. The lowest BCUT2D eigenvalue weighted by atomic mass is 10.2. The number of benzene rings is 2. The topological polar surface area (TPSA) is 82.5 Å². The predicted molar refractivity (Wildman–Crippen MR) is 103 cm³/mol. The molecule has 7 heteroatoms. The third-order valence-electron chi connectivity index (χ3n) is 4.20. The smallest absolute Gasteiger partial charge is 0.261 e. The molecule has 0 saturated heterocycles. The van der Waals surface area contributed by atoms with Gasteiger partial charge < -0.3 is 14.8 Å². The molecule has 0 radical (unpaired) electrons. The summed E-state index contributed by atoms with van der Waals surface area (Å²) in [6, 6.07) is 12.4. The molecule has 3 aromatic rings. The van der Waals surface area contributed by atoms with E-state index in [1.165, 1.54) is 10.9 Å². The molecule has 2 aromatic carbocycles. The van der Waals surface area contributed by atoms with E-state index in [1.54, 1.807) is 44.6 Å². The number of nitrogens with one attached hydrogen (secondary N) is 1. The Morgan fingerprint density at radius 3 is 2.67 bits per heavy atom. The first-order valence-corrected chi connectivity index (χ1v) is 8.58. The molecular weight excluding hydrogens is 346 g/mol. The molecule has 0 bridgehead atoms. The SMILES string of the molecule is COc1ccc(NC(=O)CCCn2cnc3ccccc3c2=O)cc1OC. The fraction of sp³-hybridized carbons (Fsp3) is 0.250. The second-order valence-electron chi connectivity index (χ2n) is 5.98. The monoisotopic (exact) mass is 367 g/mol. The second-order valence-corrected chi connectivity index (χ2v) is 5.98. The van der Waals surface area contributed by atoms with E-state index in [1.807, 2.05) is 12.1 Å². The van der Waals surface area contributed by atoms with Crippen LogP contribution in [0.3, 0.4) is 0 Å². The highest BCUT2D eigenvalue weighted by atomic mass is 16.5. The number of aromatic nitrogens is 2. The molecule has 1 aromatic heterocycles. The maximum atomic E-state index is 12.4. The summed E-state index contributed by atoms with van der Waals surface area (Å²) in [6.07, 6.45) is 2.34. The van der Waals surface area contributed by atoms with E-state index < -0.39 is 0 Å². The lowest BCUT2D eigenvalue weighted by molar-refractivity contribution is -0.116. The van der Waals surface area contributed by atoms with Gasteiger partial charge >= 0.3 is 0 Å². The van der Waals surface area contributed by atoms with Crippen LogP contribution < -0.4 is 20.3 Å². The Hall–Kier alpha value is -3.35. The summed E-state index contributed by atoms with van der Waals surface area (Å²) < 4.78 is 11.9. The van der Waals surface area contributed by atoms with Crippen LogP contribution in [0.15, 0.2) is 53.6 Å². The van der Waals surface area contributed by atoms with Crippen LogP contribution in [0, 0.1) is 0 Å². The highest BCUT2D eigenvalue weighted by Crippen LogP contribution is 2.29. The van der Waals surface area contributed by atoms with Gasteiger partial charge in [0.25, 0.3) is 5.56 Å². The van der Waals surface area contributed by atoms with Crippen molar-refractivity contribution in [1.82, 2.24) is 9.55 Å². The Bertz CT molecular complexity index is 1010. The van der Waals surface area contributed by atoms with Gasteiger partial charge in [0.05, 0.1) is 31.4 Å². The van der Waals surface area contributed by atoms with Crippen LogP contribution in [0.1, 0.15) is 12.8 Å². The number of methoxy groups -OCH3 is 2. The van der Waals surface area contributed by atoms with Gasteiger partial charge in [0.15, 0.2) is 11.5 Å². The number of nitrogens with zero attached hydrogens (tertiary/aromatic N) is 2. The summed E-state index contributed by atoms with van der Waals surface area (Å²) in [5.41, 5.74) is 1.20. The van der Waals surface area contributed by atoms with Gasteiger partial charge in [0, 0.05) is 24.7 Å². The molecule has 0 aliphatic carbocycles. The van der Waals surface area contributed by atoms with Crippen LogP contribution in [-0.2, 0) is 11.3 Å². The summed E-state index contributed by atoms with van der Waals surface area (Å²) in [5.74, 6) is 1.01. The molecule has 0 unspecified atom stereocenters. The number of anilines is 1. The fourth-order valence-electron chi connectivity index (χ4n) is 2.81. The van der Waals surface area contributed by atoms with Crippen molar-refractivity contribution in [2.24, 2.45) is 0 Å². The van der Waals surface area contributed by atoms with E-state index in [0.29, 0.717) is 41.1 Å². The fourth-order valence-corrected chi connectivity index (χ4v) is 2.81. The predicted octanol–water partition coefficient (Wildman–Crippen LogP) is 2.83. The zero-order chi connectivity index (χ0) is 19.2. The molecule has 0 atom stereocenters. The molecule has 0 saturated carbocycles. The molecule has 0 aliphatic rings. The molecule has 1 N–H and O–H groups in total. The van der Waals surface area contributed by atoms with Gasteiger partial charge in [-0.2, -0.15) is 0 Å². The molecule has 1 amide bonds. The van der Waals surface area contributed by atoms with Crippen molar-refractivity contribution in [3.05, 3.63) is 59.1 Å². The number of hydrogen-bond donors (Lipinski definition) is 1. The Kier molecular flexibility index (Phi) is 5.71. The van der Waals surface area contributed by atoms with Crippen molar-refractivity contribution >= 4 is 22.5 Å². The molecule has 140 valence electrons. The molecule has 1 heterocycles. The van der Waals surface area contributed by atoms with E-state index in [4.69, 9.17) is 9.47 Å². The summed E-state index contributed by atoms with van der Waals surface area (Å²) in [7, 11) is 3.10. The van der Waals surface area contributed by atoms with Crippen LogP contribution in [-0.4, -0.2) is 29.7 Å². The number of carbonyl (C=O) groups excluding carboxylic acids is 1. The minimum absolute atomic E-state index is 0.0964. The van der Waals surface area contributed by atoms with Gasteiger partial charge in [0.1, 0.15) is 0 Å². The van der Waals surface area contributed by atoms with Crippen molar-refractivity contribution in [3.63, 3.8) is 0 Å². The zero-order valence-corrected chi connectivity index (χ0v) is 15.3. The van der Waals surface area contributed by atoms with E-state index in [2.05, 4.69) is 10.3 Å². The first kappa shape index (κ1) is 18.4. The van der Waals surface area contributed by atoms with Gasteiger partial charge in [-0.1, -0.05) is 12.1 Å². The average Bonchev–Trinajstić information content (AvgIpc) is 2.69. The molecule has 27 heavy (non-hydrogen) atoms. The standard InChI is InChI=1S/C20H21N3O4/c1-26-17-10-9-14(12-18(17)27-2)22-19(24)8-5-11-23-13-21-16-7-4-3-6-15(16)20(23)25/h3-4,6-7,9-10,12-13H,5,8,11H2,1-2H3,(H,22,24). The molecule has 0 fully saturated rings. The molecule has 0 spiro atoms. The normalized spacial score (nSPS) is 10.6. The Labute approximate surface area is 156 Å². The minimum atomic E-state index is -0.135. The number of amides is 1. The molecule has 3 rings (SSSR count). The van der Waals surface area contributed by atoms with E-state index in [9.17, 15) is 9.59 Å². The number of aryl methyl sites for hydroxylation is 1. The molecule has 7 nitrogen and oxygen atoms in total. The summed E-state index contributed by atoms with van der Waals surface area (Å²) in [6.45, 7) is 0.427. The number of hydrogen-bond acceptors (Lipinski definition) is 5. The Morgan fingerprint density at radius 1 is 1.11 bits per heavy atom. The van der Waals surface area contributed by atoms with Crippen LogP contribution in [0.4, 0.5) is 5.69 Å². The van der Waals surface area contributed by atoms with E-state index >= 15 is 0 Å². The first-order valence-electron chi connectivity index (χ1n) is 8.58. The van der Waals surface area contributed by atoms with Gasteiger partial charge in [0.2, 0.25) is 5.91 Å². The van der Waals surface area contributed by atoms with Crippen LogP contribution in [0.25, 0.3) is 10.9 Å². The number of para-hydroxylation sites is 1. The van der Waals surface area contributed by atoms with Crippen molar-refractivity contribution in [1.29, 1.82) is 0 Å². The Morgan fingerprint density at radius 2 is 1.89 bits per heavy atom. The molecule has 0 aliphatic heterocycles. The van der Waals surface area contributed by atoms with Crippen LogP contribution in [0.2, 0.25) is 0 Å². The van der Waals surface area contributed by atoms with Crippen LogP contribution >= 0.6 is 0 Å². The summed E-state index contributed by atoms with van der Waals surface area (Å²) in [5, 5.41) is 3.40. The van der Waals surface area contributed by atoms with Crippen molar-refractivity contribution < 1.29 is 14.3 Å². The zero-order valence-electron chi connectivity index (χ0n) is 15.3. The summed E-state index contributed by atoms with van der Waals surface area (Å²) in [4.78, 5) is 28.9. The van der Waals surface area contributed by atoms with Crippen molar-refractivity contribution in [3.8, 4) is 11.5 Å². The highest BCUT2D eigenvalue weighted by molar-refractivity contribution is 5.91. The first-order chi connectivity index (χ1) is 13.1. The largest absolute Gasteiger partial charge is 0.493 e. The van der Waals surface area contributed by atoms with Gasteiger partial charge in [-0.05, 0) is 30.7 Å². The quantitative estimate of drug-likeness (QED) is 0.694. The van der Waals surface area contributed by atoms with E-state index in [-0.39, 0.29) is 17.9 Å². The third-order valence-corrected chi connectivity index (χ3v) is 4.20. The number of rotatable bonds is 7. The van der Waals surface area contributed by atoms with E-state index in [0.717, 1.165) is 0 Å². The lowest BCUT2D eigenvalue weighted by Gasteiger charge is -2.11. The average molecular weight is 367 g/mol. The van der Waals surface area contributed by atoms with Gasteiger partial charge in [-0.3, -0.25) is 14.2 Å². The maximum absolute atomic E-state index is 12.4. The summed E-state index contributed by atoms with van der Waals surface area (Å²) >= 11 is 0. The van der Waals surface area contributed by atoms with Gasteiger partial charge in [-0.15, -0.1) is 0 Å². The minimum Gasteiger partial charge on any atom is -0.493 e. The Balaban J connectivity index is 1.59.